The van der Waals surface area contributed by atoms with Crippen LogP contribution >= 0.6 is 11.5 Å². The van der Waals surface area contributed by atoms with Crippen LogP contribution in [-0.2, 0) is 6.54 Å². The number of carbonyl (C=O) groups is 1. The van der Waals surface area contributed by atoms with Crippen LogP contribution in [0, 0.1) is 0 Å². The molecule has 0 bridgehead atoms. The van der Waals surface area contributed by atoms with E-state index in [0.29, 0.717) is 28.8 Å². The van der Waals surface area contributed by atoms with Crippen LogP contribution in [0.4, 0.5) is 5.95 Å². The molecule has 124 valence electrons. The molecule has 0 aromatic carbocycles. The SMILES string of the molecule is CCn1cc(C(=O)O)c(=O)c2ccc(-c3nc(N(C)C)ns3)nc21. The van der Waals surface area contributed by atoms with Gasteiger partial charge in [0.25, 0.3) is 0 Å². The minimum Gasteiger partial charge on any atom is -0.477 e. The Kier molecular flexibility index (Phi) is 4.02. The number of fused-ring (bicyclic) bond motifs is 1. The van der Waals surface area contributed by atoms with Gasteiger partial charge in [-0.2, -0.15) is 9.36 Å². The van der Waals surface area contributed by atoms with Gasteiger partial charge in [0.1, 0.15) is 16.9 Å². The molecule has 0 radical (unpaired) electrons. The Labute approximate surface area is 141 Å². The lowest BCUT2D eigenvalue weighted by molar-refractivity contribution is 0.0695. The fourth-order valence-electron chi connectivity index (χ4n) is 2.28. The number of pyridine rings is 2. The van der Waals surface area contributed by atoms with Crippen LogP contribution in [-0.4, -0.2) is 44.1 Å². The molecule has 0 aliphatic heterocycles. The lowest BCUT2D eigenvalue weighted by Gasteiger charge is -2.09. The molecule has 0 spiro atoms. The second kappa shape index (κ2) is 6.00. The number of rotatable bonds is 4. The fraction of sp³-hybridized carbons (Fsp3) is 0.267. The van der Waals surface area contributed by atoms with Gasteiger partial charge in [-0.1, -0.05) is 0 Å². The average molecular weight is 345 g/mol. The van der Waals surface area contributed by atoms with Crippen molar-refractivity contribution >= 4 is 34.5 Å². The molecule has 3 aromatic heterocycles. The number of nitrogens with zero attached hydrogens (tertiary/aromatic N) is 5. The number of anilines is 1. The number of aromatic carboxylic acids is 1. The van der Waals surface area contributed by atoms with E-state index in [2.05, 4.69) is 14.3 Å². The third kappa shape index (κ3) is 2.62. The van der Waals surface area contributed by atoms with Crippen LogP contribution in [0.5, 0.6) is 0 Å². The van der Waals surface area contributed by atoms with E-state index in [1.807, 2.05) is 21.0 Å². The average Bonchev–Trinajstić information content (AvgIpc) is 3.05. The van der Waals surface area contributed by atoms with Crippen molar-refractivity contribution in [2.24, 2.45) is 0 Å². The summed E-state index contributed by atoms with van der Waals surface area (Å²) in [4.78, 5) is 34.2. The zero-order valence-corrected chi connectivity index (χ0v) is 14.2. The minimum absolute atomic E-state index is 0.260. The van der Waals surface area contributed by atoms with E-state index in [1.165, 1.54) is 17.7 Å². The fourth-order valence-corrected chi connectivity index (χ4v) is 2.98. The van der Waals surface area contributed by atoms with Crippen molar-refractivity contribution in [2.45, 2.75) is 13.5 Å². The third-order valence-corrected chi connectivity index (χ3v) is 4.25. The zero-order chi connectivity index (χ0) is 17.4. The molecule has 0 saturated carbocycles. The summed E-state index contributed by atoms with van der Waals surface area (Å²) in [5.41, 5.74) is 0.238. The van der Waals surface area contributed by atoms with Gasteiger partial charge in [-0.05, 0) is 30.6 Å². The lowest BCUT2D eigenvalue weighted by Crippen LogP contribution is -2.19. The number of aryl methyl sites for hydroxylation is 1. The Morgan fingerprint density at radius 3 is 2.67 bits per heavy atom. The number of carboxylic acids is 1. The van der Waals surface area contributed by atoms with Crippen molar-refractivity contribution in [3.63, 3.8) is 0 Å². The predicted molar refractivity (Wildman–Crippen MR) is 91.9 cm³/mol. The number of hydrogen-bond acceptors (Lipinski definition) is 7. The monoisotopic (exact) mass is 345 g/mol. The summed E-state index contributed by atoms with van der Waals surface area (Å²) in [6, 6.07) is 3.25. The van der Waals surface area contributed by atoms with Gasteiger partial charge in [-0.25, -0.2) is 9.78 Å². The molecule has 3 aromatic rings. The molecule has 1 N–H and O–H groups in total. The first kappa shape index (κ1) is 16.1. The van der Waals surface area contributed by atoms with Crippen molar-refractivity contribution in [3.05, 3.63) is 34.1 Å². The molecule has 3 rings (SSSR count). The topological polar surface area (TPSA) is 101 Å². The molecule has 0 atom stereocenters. The van der Waals surface area contributed by atoms with Crippen molar-refractivity contribution in [1.82, 2.24) is 18.9 Å². The van der Waals surface area contributed by atoms with Crippen LogP contribution in [0.15, 0.2) is 23.1 Å². The van der Waals surface area contributed by atoms with Gasteiger partial charge in [-0.3, -0.25) is 4.79 Å². The predicted octanol–water partition coefficient (Wildman–Crippen LogP) is 1.70. The number of hydrogen-bond donors (Lipinski definition) is 1. The molecule has 9 heteroatoms. The highest BCUT2D eigenvalue weighted by atomic mass is 32.1. The second-order valence-electron chi connectivity index (χ2n) is 5.32. The van der Waals surface area contributed by atoms with Crippen molar-refractivity contribution < 1.29 is 9.90 Å². The Hall–Kier alpha value is -2.81. The van der Waals surface area contributed by atoms with Gasteiger partial charge in [0.05, 0.1) is 5.39 Å². The Morgan fingerprint density at radius 2 is 2.08 bits per heavy atom. The van der Waals surface area contributed by atoms with Gasteiger partial charge in [0.15, 0.2) is 5.01 Å². The normalized spacial score (nSPS) is 11.0. The Balaban J connectivity index is 2.22. The summed E-state index contributed by atoms with van der Waals surface area (Å²) < 4.78 is 5.89. The third-order valence-electron chi connectivity index (χ3n) is 3.53. The highest BCUT2D eigenvalue weighted by Crippen LogP contribution is 2.24. The Bertz CT molecular complexity index is 992. The van der Waals surface area contributed by atoms with Crippen LogP contribution in [0.1, 0.15) is 17.3 Å². The molecular formula is C15H15N5O3S. The maximum atomic E-state index is 12.3. The molecule has 0 fully saturated rings. The van der Waals surface area contributed by atoms with Gasteiger partial charge in [0, 0.05) is 26.8 Å². The highest BCUT2D eigenvalue weighted by Gasteiger charge is 2.17. The molecule has 0 unspecified atom stereocenters. The van der Waals surface area contributed by atoms with E-state index in [9.17, 15) is 14.7 Å². The smallest absolute Gasteiger partial charge is 0.341 e. The van der Waals surface area contributed by atoms with E-state index in [-0.39, 0.29) is 10.9 Å². The van der Waals surface area contributed by atoms with E-state index in [0.717, 1.165) is 0 Å². The number of aromatic nitrogens is 4. The molecule has 8 nitrogen and oxygen atoms in total. The van der Waals surface area contributed by atoms with Gasteiger partial charge < -0.3 is 14.6 Å². The van der Waals surface area contributed by atoms with E-state index >= 15 is 0 Å². The van der Waals surface area contributed by atoms with E-state index < -0.39 is 11.4 Å². The van der Waals surface area contributed by atoms with Gasteiger partial charge in [-0.15, -0.1) is 0 Å². The van der Waals surface area contributed by atoms with Crippen molar-refractivity contribution in [3.8, 4) is 10.7 Å². The summed E-state index contributed by atoms with van der Waals surface area (Å²) in [6.45, 7) is 2.35. The van der Waals surface area contributed by atoms with Crippen LogP contribution in [0.25, 0.3) is 21.7 Å². The quantitative estimate of drug-likeness (QED) is 0.768. The molecule has 0 aliphatic carbocycles. The molecule has 0 amide bonds. The first-order valence-corrected chi connectivity index (χ1v) is 7.98. The zero-order valence-electron chi connectivity index (χ0n) is 13.3. The maximum Gasteiger partial charge on any atom is 0.341 e. The standard InChI is InChI=1S/C15H15N5O3S/c1-4-20-7-9(14(22)23)11(21)8-5-6-10(16-12(8)20)13-17-15(18-24-13)19(2)3/h5-7H,4H2,1-3H3,(H,22,23). The van der Waals surface area contributed by atoms with Crippen molar-refractivity contribution in [1.29, 1.82) is 0 Å². The van der Waals surface area contributed by atoms with Crippen molar-refractivity contribution in [2.75, 3.05) is 19.0 Å². The van der Waals surface area contributed by atoms with E-state index in [1.54, 1.807) is 21.6 Å². The minimum atomic E-state index is -1.24. The summed E-state index contributed by atoms with van der Waals surface area (Å²) >= 11 is 1.22. The molecule has 0 aliphatic rings. The lowest BCUT2D eigenvalue weighted by atomic mass is 10.2. The Morgan fingerprint density at radius 1 is 1.33 bits per heavy atom. The number of carboxylic acid groups (broad SMARTS) is 1. The van der Waals surface area contributed by atoms with Gasteiger partial charge in [0.2, 0.25) is 11.4 Å². The molecular weight excluding hydrogens is 330 g/mol. The highest BCUT2D eigenvalue weighted by molar-refractivity contribution is 7.09. The first-order valence-electron chi connectivity index (χ1n) is 7.21. The second-order valence-corrected chi connectivity index (χ2v) is 6.08. The van der Waals surface area contributed by atoms with Crippen LogP contribution < -0.4 is 10.3 Å². The van der Waals surface area contributed by atoms with Gasteiger partial charge >= 0.3 is 5.97 Å². The van der Waals surface area contributed by atoms with Crippen LogP contribution in [0.3, 0.4) is 0 Å². The molecule has 3 heterocycles. The summed E-state index contributed by atoms with van der Waals surface area (Å²) in [7, 11) is 3.70. The maximum absolute atomic E-state index is 12.3. The summed E-state index contributed by atoms with van der Waals surface area (Å²) in [6.07, 6.45) is 1.33. The summed E-state index contributed by atoms with van der Waals surface area (Å²) in [5, 5.41) is 10.1. The van der Waals surface area contributed by atoms with E-state index in [4.69, 9.17) is 0 Å². The summed E-state index contributed by atoms with van der Waals surface area (Å²) in [5.74, 6) is -0.654. The molecule has 0 saturated heterocycles. The molecule has 24 heavy (non-hydrogen) atoms. The largest absolute Gasteiger partial charge is 0.477 e. The van der Waals surface area contributed by atoms with Crippen LogP contribution in [0.2, 0.25) is 0 Å². The first-order chi connectivity index (χ1) is 11.4.